The molecule has 170 valence electrons. The Bertz CT molecular complexity index is 1290. The van der Waals surface area contributed by atoms with Crippen LogP contribution in [0, 0.1) is 23.3 Å². The van der Waals surface area contributed by atoms with E-state index >= 15 is 0 Å². The first-order valence-electron chi connectivity index (χ1n) is 8.50. The summed E-state index contributed by atoms with van der Waals surface area (Å²) in [5.74, 6) is -5.58. The summed E-state index contributed by atoms with van der Waals surface area (Å²) >= 11 is 6.97. The number of aromatic nitrogens is 1. The van der Waals surface area contributed by atoms with Gasteiger partial charge >= 0.3 is 6.09 Å². The van der Waals surface area contributed by atoms with E-state index in [1.807, 2.05) is 0 Å². The first kappa shape index (κ1) is 23.8. The molecule has 0 aliphatic carbocycles. The van der Waals surface area contributed by atoms with Crippen LogP contribution in [-0.4, -0.2) is 24.6 Å². The molecule has 0 aliphatic rings. The van der Waals surface area contributed by atoms with Gasteiger partial charge in [0.1, 0.15) is 16.5 Å². The monoisotopic (exact) mass is 509 g/mol. The average Bonchev–Trinajstić information content (AvgIpc) is 3.20. The molecule has 0 saturated carbocycles. The van der Waals surface area contributed by atoms with Crippen LogP contribution in [0.25, 0.3) is 0 Å². The van der Waals surface area contributed by atoms with Gasteiger partial charge in [0.05, 0.1) is 22.3 Å². The highest BCUT2D eigenvalue weighted by atomic mass is 35.5. The number of halogens is 5. The van der Waals surface area contributed by atoms with Gasteiger partial charge in [-0.15, -0.1) is 15.6 Å². The van der Waals surface area contributed by atoms with Gasteiger partial charge in [0.25, 0.3) is 10.0 Å². The van der Waals surface area contributed by atoms with Crippen molar-refractivity contribution < 1.29 is 35.9 Å². The fraction of sp³-hybridized carbons (Fsp3) is 0.111. The zero-order valence-corrected chi connectivity index (χ0v) is 18.2. The minimum absolute atomic E-state index is 0.107. The highest BCUT2D eigenvalue weighted by Crippen LogP contribution is 2.34. The molecule has 3 rings (SSSR count). The quantitative estimate of drug-likeness (QED) is 0.341. The topological polar surface area (TPSA) is 99.6 Å². The number of amides is 1. The number of carbonyl (C=O) groups is 1. The van der Waals surface area contributed by atoms with Gasteiger partial charge in [-0.2, -0.15) is 0 Å². The summed E-state index contributed by atoms with van der Waals surface area (Å²) < 4.78 is 80.8. The van der Waals surface area contributed by atoms with Crippen LogP contribution >= 0.6 is 22.9 Å². The molecule has 0 spiro atoms. The minimum atomic E-state index is -4.95. The van der Waals surface area contributed by atoms with E-state index in [4.69, 9.17) is 11.6 Å². The summed E-state index contributed by atoms with van der Waals surface area (Å²) in [7, 11) is -4.95. The molecule has 2 aromatic carbocycles. The van der Waals surface area contributed by atoms with E-state index in [1.54, 1.807) is 0 Å². The highest BCUT2D eigenvalue weighted by Gasteiger charge is 2.35. The van der Waals surface area contributed by atoms with E-state index < -0.39 is 56.1 Å². The van der Waals surface area contributed by atoms with Crippen LogP contribution in [0.3, 0.4) is 0 Å². The van der Waals surface area contributed by atoms with Crippen LogP contribution in [0.2, 0.25) is 5.02 Å². The number of anilines is 2. The standard InChI is InChI=1S/C18H12ClF4N3O4S2/c1-8(9-2-12(21)13(22)4-11(9)20)25-15-5-14(23)16(3-10(15)19)32(29,30)26(18(27)28)17-6-31-7-24-17/h2-8,25H,1H3,(H,27,28)/t8-/m0/s1. The zero-order valence-electron chi connectivity index (χ0n) is 15.8. The molecular formula is C18H12ClF4N3O4S2. The van der Waals surface area contributed by atoms with Crippen molar-refractivity contribution in [2.24, 2.45) is 0 Å². The molecule has 14 heteroatoms. The van der Waals surface area contributed by atoms with Gasteiger partial charge in [0.2, 0.25) is 0 Å². The van der Waals surface area contributed by atoms with Gasteiger partial charge in [0, 0.05) is 17.0 Å². The lowest BCUT2D eigenvalue weighted by Gasteiger charge is -2.20. The lowest BCUT2D eigenvalue weighted by Crippen LogP contribution is -2.36. The Balaban J connectivity index is 1.98. The number of thiazole rings is 1. The second-order valence-electron chi connectivity index (χ2n) is 6.31. The van der Waals surface area contributed by atoms with Crippen molar-refractivity contribution in [3.8, 4) is 0 Å². The number of benzene rings is 2. The van der Waals surface area contributed by atoms with Crippen molar-refractivity contribution in [3.05, 3.63) is 69.0 Å². The molecule has 3 aromatic rings. The van der Waals surface area contributed by atoms with Crippen LogP contribution in [0.1, 0.15) is 18.5 Å². The van der Waals surface area contributed by atoms with E-state index in [-0.39, 0.29) is 20.6 Å². The van der Waals surface area contributed by atoms with Crippen molar-refractivity contribution in [2.45, 2.75) is 17.9 Å². The molecule has 32 heavy (non-hydrogen) atoms. The maximum absolute atomic E-state index is 14.7. The number of rotatable bonds is 6. The summed E-state index contributed by atoms with van der Waals surface area (Å²) in [5, 5.41) is 12.7. The number of carboxylic acid groups (broad SMARTS) is 1. The Morgan fingerprint density at radius 1 is 1.12 bits per heavy atom. The molecular weight excluding hydrogens is 498 g/mol. The van der Waals surface area contributed by atoms with E-state index in [9.17, 15) is 35.9 Å². The Kier molecular flexibility index (Phi) is 6.62. The van der Waals surface area contributed by atoms with Crippen LogP contribution in [0.5, 0.6) is 0 Å². The number of nitrogens with zero attached hydrogens (tertiary/aromatic N) is 2. The third kappa shape index (κ3) is 4.49. The van der Waals surface area contributed by atoms with Gasteiger partial charge in [-0.05, 0) is 25.1 Å². The number of hydrogen-bond acceptors (Lipinski definition) is 6. The SMILES string of the molecule is C[C@H](Nc1cc(F)c(S(=O)(=O)N(C(=O)O)c2cscn2)cc1Cl)c1cc(F)c(F)cc1F. The third-order valence-corrected chi connectivity index (χ3v) is 6.80. The fourth-order valence-electron chi connectivity index (χ4n) is 2.75. The largest absolute Gasteiger partial charge is 0.464 e. The van der Waals surface area contributed by atoms with Gasteiger partial charge in [-0.3, -0.25) is 0 Å². The summed E-state index contributed by atoms with van der Waals surface area (Å²) in [4.78, 5) is 14.1. The Morgan fingerprint density at radius 3 is 2.38 bits per heavy atom. The molecule has 0 saturated heterocycles. The predicted octanol–water partition coefficient (Wildman–Crippen LogP) is 5.40. The molecule has 0 aliphatic heterocycles. The number of hydrogen-bond donors (Lipinski definition) is 2. The third-order valence-electron chi connectivity index (χ3n) is 4.22. The minimum Gasteiger partial charge on any atom is -0.464 e. The van der Waals surface area contributed by atoms with Crippen molar-refractivity contribution >= 4 is 50.6 Å². The molecule has 0 bridgehead atoms. The van der Waals surface area contributed by atoms with Gasteiger partial charge in [-0.25, -0.2) is 35.8 Å². The first-order chi connectivity index (χ1) is 14.9. The van der Waals surface area contributed by atoms with Crippen molar-refractivity contribution in [2.75, 3.05) is 9.62 Å². The van der Waals surface area contributed by atoms with Crippen molar-refractivity contribution in [1.82, 2.24) is 4.98 Å². The van der Waals surface area contributed by atoms with Crippen LogP contribution in [0.4, 0.5) is 33.9 Å². The fourth-order valence-corrected chi connectivity index (χ4v) is 4.93. The Labute approximate surface area is 187 Å². The number of sulfonamides is 1. The zero-order chi connectivity index (χ0) is 23.8. The molecule has 7 nitrogen and oxygen atoms in total. The van der Waals surface area contributed by atoms with E-state index in [0.717, 1.165) is 16.7 Å². The van der Waals surface area contributed by atoms with Crippen molar-refractivity contribution in [1.29, 1.82) is 0 Å². The first-order valence-corrected chi connectivity index (χ1v) is 11.3. The maximum atomic E-state index is 14.7. The van der Waals surface area contributed by atoms with Gasteiger partial charge in [0.15, 0.2) is 17.5 Å². The molecule has 0 unspecified atom stereocenters. The second kappa shape index (κ2) is 8.92. The van der Waals surface area contributed by atoms with Crippen LogP contribution < -0.4 is 9.62 Å². The summed E-state index contributed by atoms with van der Waals surface area (Å²) in [6.07, 6.45) is -1.92. The lowest BCUT2D eigenvalue weighted by molar-refractivity contribution is 0.206. The lowest BCUT2D eigenvalue weighted by atomic mass is 10.1. The summed E-state index contributed by atoms with van der Waals surface area (Å²) in [6.45, 7) is 1.35. The second-order valence-corrected chi connectivity index (χ2v) is 9.20. The van der Waals surface area contributed by atoms with Gasteiger partial charge < -0.3 is 10.4 Å². The average molecular weight is 510 g/mol. The molecule has 1 amide bonds. The number of nitrogens with one attached hydrogen (secondary N) is 1. The normalized spacial score (nSPS) is 12.4. The predicted molar refractivity (Wildman–Crippen MR) is 110 cm³/mol. The van der Waals surface area contributed by atoms with E-state index in [0.29, 0.717) is 24.3 Å². The van der Waals surface area contributed by atoms with Crippen LogP contribution in [-0.2, 0) is 10.0 Å². The molecule has 0 radical (unpaired) electrons. The summed E-state index contributed by atoms with van der Waals surface area (Å²) in [6, 6.07) is 1.26. The molecule has 1 heterocycles. The smallest absolute Gasteiger partial charge is 0.427 e. The van der Waals surface area contributed by atoms with E-state index in [1.165, 1.54) is 12.4 Å². The summed E-state index contributed by atoms with van der Waals surface area (Å²) in [5.41, 5.74) is 0.698. The Hall–Kier alpha value is -2.90. The van der Waals surface area contributed by atoms with E-state index in [2.05, 4.69) is 10.3 Å². The van der Waals surface area contributed by atoms with Crippen molar-refractivity contribution in [3.63, 3.8) is 0 Å². The molecule has 1 aromatic heterocycles. The molecule has 1 atom stereocenters. The highest BCUT2D eigenvalue weighted by molar-refractivity contribution is 7.93. The molecule has 0 fully saturated rings. The van der Waals surface area contributed by atoms with Gasteiger partial charge in [-0.1, -0.05) is 11.6 Å². The Morgan fingerprint density at radius 2 is 1.78 bits per heavy atom. The molecule has 2 N–H and O–H groups in total. The van der Waals surface area contributed by atoms with Crippen LogP contribution in [0.15, 0.2) is 40.1 Å². The maximum Gasteiger partial charge on any atom is 0.427 e.